The highest BCUT2D eigenvalue weighted by Gasteiger charge is 2.11. The number of aromatic nitrogens is 2. The molecule has 0 saturated carbocycles. The Morgan fingerprint density at radius 2 is 2.16 bits per heavy atom. The quantitative estimate of drug-likeness (QED) is 0.440. The monoisotopic (exact) mass is 356 g/mol. The Kier molecular flexibility index (Phi) is 3.93. The third kappa shape index (κ3) is 2.98. The lowest BCUT2D eigenvalue weighted by molar-refractivity contribution is 0.406. The molecule has 2 aromatic carbocycles. The lowest BCUT2D eigenvalue weighted by Gasteiger charge is -2.05. The molecule has 25 heavy (non-hydrogen) atoms. The molecule has 0 saturated heterocycles. The van der Waals surface area contributed by atoms with Gasteiger partial charge in [0.15, 0.2) is 16.5 Å². The maximum absolute atomic E-state index is 13.2. The number of hydrogen-bond donors (Lipinski definition) is 1. The molecule has 4 rings (SSSR count). The summed E-state index contributed by atoms with van der Waals surface area (Å²) in [4.78, 5) is 19.6. The van der Waals surface area contributed by atoms with Crippen LogP contribution in [0.4, 0.5) is 4.39 Å². The van der Waals surface area contributed by atoms with Gasteiger partial charge in [0.2, 0.25) is 0 Å². The van der Waals surface area contributed by atoms with E-state index < -0.39 is 5.63 Å². The SMILES string of the molecule is COc1cccc2cc(CSc3nc4ccc(F)cc4[nH]3)c(=O)oc12. The number of methoxy groups -OCH3 is 1. The molecule has 0 amide bonds. The second-order valence-electron chi connectivity index (χ2n) is 5.43. The lowest BCUT2D eigenvalue weighted by Crippen LogP contribution is -2.06. The fourth-order valence-corrected chi connectivity index (χ4v) is 3.43. The Hall–Kier alpha value is -2.80. The highest BCUT2D eigenvalue weighted by Crippen LogP contribution is 2.27. The second kappa shape index (κ2) is 6.25. The van der Waals surface area contributed by atoms with E-state index in [1.807, 2.05) is 12.1 Å². The van der Waals surface area contributed by atoms with Gasteiger partial charge in [0.25, 0.3) is 0 Å². The zero-order valence-corrected chi connectivity index (χ0v) is 14.0. The number of nitrogens with one attached hydrogen (secondary N) is 1. The van der Waals surface area contributed by atoms with Gasteiger partial charge in [-0.1, -0.05) is 23.9 Å². The van der Waals surface area contributed by atoms with E-state index in [9.17, 15) is 9.18 Å². The predicted molar refractivity (Wildman–Crippen MR) is 94.6 cm³/mol. The molecule has 0 aliphatic carbocycles. The number of nitrogens with zero attached hydrogens (tertiary/aromatic N) is 1. The van der Waals surface area contributed by atoms with Crippen LogP contribution >= 0.6 is 11.8 Å². The van der Waals surface area contributed by atoms with E-state index in [0.717, 1.165) is 5.39 Å². The van der Waals surface area contributed by atoms with Gasteiger partial charge in [-0.15, -0.1) is 0 Å². The zero-order valence-electron chi connectivity index (χ0n) is 13.2. The summed E-state index contributed by atoms with van der Waals surface area (Å²) in [5.41, 5.74) is 1.85. The molecule has 0 atom stereocenters. The van der Waals surface area contributed by atoms with E-state index in [2.05, 4.69) is 9.97 Å². The van der Waals surface area contributed by atoms with Crippen LogP contribution in [0.2, 0.25) is 0 Å². The zero-order chi connectivity index (χ0) is 17.4. The summed E-state index contributed by atoms with van der Waals surface area (Å²) in [5.74, 6) is 0.586. The van der Waals surface area contributed by atoms with Crippen molar-refractivity contribution in [2.45, 2.75) is 10.9 Å². The summed E-state index contributed by atoms with van der Waals surface area (Å²) in [5, 5.41) is 1.41. The van der Waals surface area contributed by atoms with Gasteiger partial charge >= 0.3 is 5.63 Å². The molecular weight excluding hydrogens is 343 g/mol. The van der Waals surface area contributed by atoms with E-state index in [1.54, 1.807) is 18.2 Å². The van der Waals surface area contributed by atoms with E-state index in [4.69, 9.17) is 9.15 Å². The Morgan fingerprint density at radius 3 is 3.00 bits per heavy atom. The second-order valence-corrected chi connectivity index (χ2v) is 6.39. The van der Waals surface area contributed by atoms with Gasteiger partial charge < -0.3 is 14.1 Å². The summed E-state index contributed by atoms with van der Waals surface area (Å²) in [6, 6.07) is 11.6. The number of thioether (sulfide) groups is 1. The smallest absolute Gasteiger partial charge is 0.340 e. The average molecular weight is 356 g/mol. The van der Waals surface area contributed by atoms with Crippen molar-refractivity contribution in [1.29, 1.82) is 0 Å². The Bertz CT molecular complexity index is 1140. The molecular formula is C18H13FN2O3S. The van der Waals surface area contributed by atoms with Crippen molar-refractivity contribution in [2.75, 3.05) is 7.11 Å². The van der Waals surface area contributed by atoms with Crippen molar-refractivity contribution < 1.29 is 13.5 Å². The topological polar surface area (TPSA) is 68.1 Å². The number of para-hydroxylation sites is 1. The number of benzene rings is 2. The highest BCUT2D eigenvalue weighted by atomic mass is 32.2. The van der Waals surface area contributed by atoms with Crippen molar-refractivity contribution in [3.05, 3.63) is 64.3 Å². The van der Waals surface area contributed by atoms with Crippen molar-refractivity contribution in [1.82, 2.24) is 9.97 Å². The van der Waals surface area contributed by atoms with Crippen LogP contribution < -0.4 is 10.4 Å². The molecule has 2 heterocycles. The van der Waals surface area contributed by atoms with Crippen LogP contribution in [0.15, 0.2) is 56.8 Å². The van der Waals surface area contributed by atoms with Gasteiger partial charge in [0, 0.05) is 16.7 Å². The molecule has 2 aromatic heterocycles. The summed E-state index contributed by atoms with van der Waals surface area (Å²) >= 11 is 1.36. The molecule has 1 N–H and O–H groups in total. The maximum Gasteiger partial charge on any atom is 0.340 e. The number of imidazole rings is 1. The van der Waals surface area contributed by atoms with E-state index in [0.29, 0.717) is 38.8 Å². The van der Waals surface area contributed by atoms with Gasteiger partial charge in [-0.05, 0) is 30.3 Å². The number of rotatable bonds is 4. The number of halogens is 1. The van der Waals surface area contributed by atoms with Gasteiger partial charge in [0.05, 0.1) is 18.1 Å². The van der Waals surface area contributed by atoms with E-state index in [-0.39, 0.29) is 5.82 Å². The number of H-pyrrole nitrogens is 1. The molecule has 4 aromatic rings. The molecule has 7 heteroatoms. The van der Waals surface area contributed by atoms with Crippen LogP contribution in [0.5, 0.6) is 5.75 Å². The van der Waals surface area contributed by atoms with Gasteiger partial charge in [-0.25, -0.2) is 14.2 Å². The minimum Gasteiger partial charge on any atom is -0.493 e. The molecule has 0 radical (unpaired) electrons. The summed E-state index contributed by atoms with van der Waals surface area (Å²) in [6.07, 6.45) is 0. The normalized spacial score (nSPS) is 11.3. The number of aromatic amines is 1. The number of hydrogen-bond acceptors (Lipinski definition) is 5. The molecule has 0 unspecified atom stereocenters. The third-order valence-electron chi connectivity index (χ3n) is 3.80. The fraction of sp³-hybridized carbons (Fsp3) is 0.111. The van der Waals surface area contributed by atoms with E-state index in [1.165, 1.54) is 31.0 Å². The molecule has 0 bridgehead atoms. The van der Waals surface area contributed by atoms with E-state index >= 15 is 0 Å². The Labute approximate surface area is 145 Å². The molecule has 0 aliphatic rings. The first-order chi connectivity index (χ1) is 12.1. The predicted octanol–water partition coefficient (Wildman–Crippen LogP) is 4.11. The first-order valence-corrected chi connectivity index (χ1v) is 8.50. The molecule has 0 spiro atoms. The Balaban J connectivity index is 1.63. The van der Waals surface area contributed by atoms with Gasteiger partial charge in [-0.2, -0.15) is 0 Å². The Morgan fingerprint density at radius 1 is 1.28 bits per heavy atom. The first-order valence-electron chi connectivity index (χ1n) is 7.52. The van der Waals surface area contributed by atoms with Crippen LogP contribution in [-0.4, -0.2) is 17.1 Å². The van der Waals surface area contributed by atoms with Gasteiger partial charge in [0.1, 0.15) is 5.82 Å². The number of fused-ring (bicyclic) bond motifs is 2. The summed E-state index contributed by atoms with van der Waals surface area (Å²) in [6.45, 7) is 0. The number of ether oxygens (including phenoxy) is 1. The third-order valence-corrected chi connectivity index (χ3v) is 4.72. The summed E-state index contributed by atoms with van der Waals surface area (Å²) < 4.78 is 23.9. The van der Waals surface area contributed by atoms with Gasteiger partial charge in [-0.3, -0.25) is 0 Å². The van der Waals surface area contributed by atoms with Crippen molar-refractivity contribution >= 4 is 33.8 Å². The van der Waals surface area contributed by atoms with Crippen LogP contribution in [0.1, 0.15) is 5.56 Å². The van der Waals surface area contributed by atoms with Crippen molar-refractivity contribution in [2.24, 2.45) is 0 Å². The minimum absolute atomic E-state index is 0.322. The largest absolute Gasteiger partial charge is 0.493 e. The highest BCUT2D eigenvalue weighted by molar-refractivity contribution is 7.98. The van der Waals surface area contributed by atoms with Crippen molar-refractivity contribution in [3.8, 4) is 5.75 Å². The minimum atomic E-state index is -0.411. The molecule has 5 nitrogen and oxygen atoms in total. The lowest BCUT2D eigenvalue weighted by atomic mass is 10.2. The average Bonchev–Trinajstić information content (AvgIpc) is 3.01. The fourth-order valence-electron chi connectivity index (χ4n) is 2.59. The molecule has 0 fully saturated rings. The van der Waals surface area contributed by atoms with Crippen LogP contribution in [0.3, 0.4) is 0 Å². The van der Waals surface area contributed by atoms with Crippen LogP contribution in [0.25, 0.3) is 22.0 Å². The van der Waals surface area contributed by atoms with Crippen LogP contribution in [-0.2, 0) is 5.75 Å². The first kappa shape index (κ1) is 15.7. The molecule has 126 valence electrons. The molecule has 0 aliphatic heterocycles. The summed E-state index contributed by atoms with van der Waals surface area (Å²) in [7, 11) is 1.53. The maximum atomic E-state index is 13.2. The van der Waals surface area contributed by atoms with Crippen LogP contribution in [0, 0.1) is 5.82 Å². The van der Waals surface area contributed by atoms with Crippen molar-refractivity contribution in [3.63, 3.8) is 0 Å². The standard InChI is InChI=1S/C18H13FN2O3S/c1-23-15-4-2-3-10-7-11(17(22)24-16(10)15)9-25-18-20-13-6-5-12(19)8-14(13)21-18/h2-8H,9H2,1H3,(H,20,21).